The number of hydrogen-bond acceptors (Lipinski definition) is 6. The average molecular weight is 274 g/mol. The summed E-state index contributed by atoms with van der Waals surface area (Å²) in [5.74, 6) is 1.26. The number of aromatic nitrogens is 3. The van der Waals surface area contributed by atoms with Gasteiger partial charge < -0.3 is 9.84 Å². The van der Waals surface area contributed by atoms with E-state index in [1.54, 1.807) is 18.3 Å². The normalized spacial score (nSPS) is 12.9. The summed E-state index contributed by atoms with van der Waals surface area (Å²) in [6.07, 6.45) is 0. The van der Waals surface area contributed by atoms with Gasteiger partial charge in [0.2, 0.25) is 5.89 Å². The van der Waals surface area contributed by atoms with Crippen molar-refractivity contribution in [3.8, 4) is 0 Å². The Balaban J connectivity index is 1.71. The second-order valence-electron chi connectivity index (χ2n) is 4.35. The predicted octanol–water partition coefficient (Wildman–Crippen LogP) is 2.84. The van der Waals surface area contributed by atoms with Crippen molar-refractivity contribution in [3.63, 3.8) is 0 Å². The lowest BCUT2D eigenvalue weighted by Crippen LogP contribution is -2.18. The van der Waals surface area contributed by atoms with Crippen LogP contribution in [-0.4, -0.2) is 15.1 Å². The molecule has 2 aromatic heterocycles. The first-order valence-electron chi connectivity index (χ1n) is 6.10. The van der Waals surface area contributed by atoms with E-state index in [9.17, 15) is 0 Å². The molecule has 19 heavy (non-hydrogen) atoms. The molecule has 1 unspecified atom stereocenters. The number of aryl methyl sites for hydroxylation is 1. The van der Waals surface area contributed by atoms with Crippen LogP contribution in [0.3, 0.4) is 0 Å². The zero-order valence-electron chi connectivity index (χ0n) is 10.8. The Morgan fingerprint density at radius 2 is 2.16 bits per heavy atom. The topological polar surface area (TPSA) is 63.8 Å². The van der Waals surface area contributed by atoms with Gasteiger partial charge in [0, 0.05) is 6.92 Å². The number of nitrogens with zero attached hydrogens (tertiary/aromatic N) is 3. The van der Waals surface area contributed by atoms with Crippen molar-refractivity contribution in [2.24, 2.45) is 0 Å². The van der Waals surface area contributed by atoms with Crippen molar-refractivity contribution in [3.05, 3.63) is 41.0 Å². The maximum Gasteiger partial charge on any atom is 0.223 e. The van der Waals surface area contributed by atoms with Gasteiger partial charge in [0.15, 0.2) is 5.82 Å². The maximum atomic E-state index is 4.94. The molecule has 0 fully saturated rings. The van der Waals surface area contributed by atoms with Crippen molar-refractivity contribution >= 4 is 21.6 Å². The highest BCUT2D eigenvalue weighted by molar-refractivity contribution is 7.18. The monoisotopic (exact) mass is 274 g/mol. The Morgan fingerprint density at radius 1 is 1.32 bits per heavy atom. The van der Waals surface area contributed by atoms with Crippen LogP contribution in [-0.2, 0) is 6.54 Å². The van der Waals surface area contributed by atoms with Crippen LogP contribution in [0, 0.1) is 6.92 Å². The minimum atomic E-state index is 0.163. The molecule has 0 aliphatic rings. The Hall–Kier alpha value is -1.79. The summed E-state index contributed by atoms with van der Waals surface area (Å²) in [7, 11) is 0. The van der Waals surface area contributed by atoms with Crippen LogP contribution in [0.2, 0.25) is 0 Å². The molecular formula is C13H14N4OS. The van der Waals surface area contributed by atoms with E-state index in [-0.39, 0.29) is 6.04 Å². The first-order chi connectivity index (χ1) is 9.22. The van der Waals surface area contributed by atoms with Crippen molar-refractivity contribution in [1.29, 1.82) is 0 Å². The minimum absolute atomic E-state index is 0.163. The third kappa shape index (κ3) is 2.64. The zero-order chi connectivity index (χ0) is 13.2. The minimum Gasteiger partial charge on any atom is -0.340 e. The summed E-state index contributed by atoms with van der Waals surface area (Å²) in [4.78, 5) is 8.78. The molecule has 3 aromatic rings. The van der Waals surface area contributed by atoms with E-state index in [4.69, 9.17) is 4.52 Å². The van der Waals surface area contributed by atoms with Gasteiger partial charge in [0.1, 0.15) is 5.01 Å². The van der Waals surface area contributed by atoms with E-state index >= 15 is 0 Å². The largest absolute Gasteiger partial charge is 0.340 e. The van der Waals surface area contributed by atoms with Gasteiger partial charge in [-0.3, -0.25) is 0 Å². The summed E-state index contributed by atoms with van der Waals surface area (Å²) in [5, 5.41) is 8.28. The SMILES string of the molecule is Cc1nc(CNC(C)c2nc3ccccc3s2)no1. The Kier molecular flexibility index (Phi) is 3.27. The van der Waals surface area contributed by atoms with Gasteiger partial charge in [-0.05, 0) is 19.1 Å². The molecule has 0 bridgehead atoms. The Morgan fingerprint density at radius 3 is 2.89 bits per heavy atom. The molecule has 3 rings (SSSR count). The molecule has 0 spiro atoms. The molecular weight excluding hydrogens is 260 g/mol. The molecule has 1 atom stereocenters. The zero-order valence-corrected chi connectivity index (χ0v) is 11.6. The number of nitrogens with one attached hydrogen (secondary N) is 1. The van der Waals surface area contributed by atoms with E-state index in [1.165, 1.54) is 4.70 Å². The van der Waals surface area contributed by atoms with Crippen LogP contribution in [0.5, 0.6) is 0 Å². The molecule has 0 aliphatic carbocycles. The van der Waals surface area contributed by atoms with E-state index in [1.807, 2.05) is 18.2 Å². The highest BCUT2D eigenvalue weighted by Gasteiger charge is 2.12. The fourth-order valence-electron chi connectivity index (χ4n) is 1.82. The fourth-order valence-corrected chi connectivity index (χ4v) is 2.81. The quantitative estimate of drug-likeness (QED) is 0.792. The van der Waals surface area contributed by atoms with Gasteiger partial charge in [-0.1, -0.05) is 17.3 Å². The van der Waals surface area contributed by atoms with E-state index in [0.717, 1.165) is 10.5 Å². The van der Waals surface area contributed by atoms with Gasteiger partial charge in [-0.25, -0.2) is 4.98 Å². The first-order valence-corrected chi connectivity index (χ1v) is 6.92. The van der Waals surface area contributed by atoms with Gasteiger partial charge in [-0.15, -0.1) is 11.3 Å². The summed E-state index contributed by atoms with van der Waals surface area (Å²) in [5.41, 5.74) is 1.05. The van der Waals surface area contributed by atoms with Gasteiger partial charge in [-0.2, -0.15) is 4.98 Å². The fraction of sp³-hybridized carbons (Fsp3) is 0.308. The highest BCUT2D eigenvalue weighted by Crippen LogP contribution is 2.26. The first kappa shape index (κ1) is 12.3. The molecule has 5 nitrogen and oxygen atoms in total. The molecule has 0 aliphatic heterocycles. The molecule has 98 valence electrons. The standard InChI is InChI=1S/C13H14N4OS/c1-8(14-7-12-15-9(2)18-17-12)13-16-10-5-3-4-6-11(10)19-13/h3-6,8,14H,7H2,1-2H3. The van der Waals surface area contributed by atoms with E-state index in [0.29, 0.717) is 18.3 Å². The van der Waals surface area contributed by atoms with Crippen LogP contribution in [0.25, 0.3) is 10.2 Å². The Labute approximate surface area is 114 Å². The lowest BCUT2D eigenvalue weighted by Gasteiger charge is -2.08. The van der Waals surface area contributed by atoms with Crippen molar-refractivity contribution in [1.82, 2.24) is 20.4 Å². The number of hydrogen-bond donors (Lipinski definition) is 1. The third-order valence-corrected chi connectivity index (χ3v) is 4.04. The van der Waals surface area contributed by atoms with E-state index in [2.05, 4.69) is 33.4 Å². The molecule has 1 N–H and O–H groups in total. The molecule has 0 amide bonds. The van der Waals surface area contributed by atoms with Crippen LogP contribution in [0.15, 0.2) is 28.8 Å². The lowest BCUT2D eigenvalue weighted by atomic mass is 10.3. The third-order valence-electron chi connectivity index (χ3n) is 2.82. The highest BCUT2D eigenvalue weighted by atomic mass is 32.1. The predicted molar refractivity (Wildman–Crippen MR) is 73.9 cm³/mol. The summed E-state index contributed by atoms with van der Waals surface area (Å²) in [6, 6.07) is 8.32. The van der Waals surface area contributed by atoms with Gasteiger partial charge in [0.25, 0.3) is 0 Å². The van der Waals surface area contributed by atoms with Gasteiger partial charge in [0.05, 0.1) is 22.8 Å². The second kappa shape index (κ2) is 5.07. The smallest absolute Gasteiger partial charge is 0.223 e. The van der Waals surface area contributed by atoms with Crippen LogP contribution in [0.1, 0.15) is 29.7 Å². The molecule has 2 heterocycles. The molecule has 6 heteroatoms. The summed E-state index contributed by atoms with van der Waals surface area (Å²) < 4.78 is 6.15. The molecule has 0 saturated carbocycles. The van der Waals surface area contributed by atoms with Crippen LogP contribution >= 0.6 is 11.3 Å². The number of rotatable bonds is 4. The number of para-hydroxylation sites is 1. The molecule has 0 saturated heterocycles. The van der Waals surface area contributed by atoms with Crippen LogP contribution in [0.4, 0.5) is 0 Å². The van der Waals surface area contributed by atoms with Gasteiger partial charge >= 0.3 is 0 Å². The molecule has 0 radical (unpaired) electrons. The van der Waals surface area contributed by atoms with Crippen molar-refractivity contribution in [2.45, 2.75) is 26.4 Å². The maximum absolute atomic E-state index is 4.94. The average Bonchev–Trinajstić information content (AvgIpc) is 3.01. The van der Waals surface area contributed by atoms with Crippen LogP contribution < -0.4 is 5.32 Å². The molecule has 1 aromatic carbocycles. The summed E-state index contributed by atoms with van der Waals surface area (Å²) >= 11 is 1.71. The number of benzene rings is 1. The van der Waals surface area contributed by atoms with E-state index < -0.39 is 0 Å². The number of fused-ring (bicyclic) bond motifs is 1. The van der Waals surface area contributed by atoms with Crippen molar-refractivity contribution in [2.75, 3.05) is 0 Å². The Bertz CT molecular complexity index is 658. The second-order valence-corrected chi connectivity index (χ2v) is 5.41. The van der Waals surface area contributed by atoms with Crippen molar-refractivity contribution < 1.29 is 4.52 Å². The lowest BCUT2D eigenvalue weighted by molar-refractivity contribution is 0.384. The number of thiazole rings is 1. The summed E-state index contributed by atoms with van der Waals surface area (Å²) in [6.45, 7) is 4.45.